The minimum absolute atomic E-state index is 0.333. The van der Waals surface area contributed by atoms with Crippen LogP contribution in [0, 0.1) is 0 Å². The van der Waals surface area contributed by atoms with Gasteiger partial charge in [-0.25, -0.2) is 4.98 Å². The van der Waals surface area contributed by atoms with Gasteiger partial charge in [0.25, 0.3) is 0 Å². The summed E-state index contributed by atoms with van der Waals surface area (Å²) in [4.78, 5) is 4.01. The van der Waals surface area contributed by atoms with Crippen LogP contribution in [0.15, 0.2) is 35.3 Å². The largest absolute Gasteiger partial charge is 0.486 e. The van der Waals surface area contributed by atoms with Gasteiger partial charge < -0.3 is 10.5 Å². The first-order valence-electron chi connectivity index (χ1n) is 5.83. The number of halogens is 2. The SMILES string of the molecule is C=CCOc1c(Cl)cc(C=NNc2nc(N)cs2)cc1Cl. The zero-order valence-corrected chi connectivity index (χ0v) is 13.2. The Hall–Kier alpha value is -1.76. The number of rotatable bonds is 6. The maximum absolute atomic E-state index is 6.12. The van der Waals surface area contributed by atoms with E-state index in [1.54, 1.807) is 29.8 Å². The first-order valence-corrected chi connectivity index (χ1v) is 7.46. The predicted octanol–water partition coefficient (Wildman–Crippen LogP) is 4.04. The highest BCUT2D eigenvalue weighted by Gasteiger charge is 2.08. The number of nitrogens with two attached hydrogens (primary N) is 1. The Kier molecular flexibility index (Phi) is 5.44. The van der Waals surface area contributed by atoms with Gasteiger partial charge in [-0.1, -0.05) is 35.9 Å². The molecule has 8 heteroatoms. The number of aromatic nitrogens is 1. The highest BCUT2D eigenvalue weighted by Crippen LogP contribution is 2.33. The van der Waals surface area contributed by atoms with E-state index in [2.05, 4.69) is 22.1 Å². The summed E-state index contributed by atoms with van der Waals surface area (Å²) < 4.78 is 5.38. The van der Waals surface area contributed by atoms with Crippen LogP contribution in [0.5, 0.6) is 5.75 Å². The van der Waals surface area contributed by atoms with Gasteiger partial charge in [0, 0.05) is 5.38 Å². The van der Waals surface area contributed by atoms with Gasteiger partial charge in [0.05, 0.1) is 16.3 Å². The number of benzene rings is 1. The molecule has 0 saturated carbocycles. The van der Waals surface area contributed by atoms with Crippen molar-refractivity contribution in [3.63, 3.8) is 0 Å². The third kappa shape index (κ3) is 4.35. The van der Waals surface area contributed by atoms with Crippen LogP contribution in [0.2, 0.25) is 10.0 Å². The molecule has 2 aromatic rings. The summed E-state index contributed by atoms with van der Waals surface area (Å²) in [5, 5.41) is 7.18. The summed E-state index contributed by atoms with van der Waals surface area (Å²) in [6.07, 6.45) is 3.19. The molecule has 1 aromatic carbocycles. The maximum Gasteiger partial charge on any atom is 0.205 e. The Bertz CT molecular complexity index is 649. The number of anilines is 2. The molecule has 0 spiro atoms. The summed E-state index contributed by atoms with van der Waals surface area (Å²) in [5.41, 5.74) is 9.01. The van der Waals surface area contributed by atoms with Crippen molar-refractivity contribution in [1.82, 2.24) is 4.98 Å². The quantitative estimate of drug-likeness (QED) is 0.472. The summed E-state index contributed by atoms with van der Waals surface area (Å²) in [7, 11) is 0. The molecule has 110 valence electrons. The van der Waals surface area contributed by atoms with Gasteiger partial charge in [-0.05, 0) is 17.7 Å². The van der Waals surface area contributed by atoms with E-state index in [0.717, 1.165) is 5.56 Å². The molecule has 0 unspecified atom stereocenters. The molecule has 5 nitrogen and oxygen atoms in total. The fourth-order valence-corrected chi connectivity index (χ4v) is 2.60. The number of hydrogen-bond donors (Lipinski definition) is 2. The number of ether oxygens (including phenoxy) is 1. The Morgan fingerprint density at radius 3 is 2.71 bits per heavy atom. The maximum atomic E-state index is 6.12. The zero-order valence-electron chi connectivity index (χ0n) is 10.8. The normalized spacial score (nSPS) is 10.8. The topological polar surface area (TPSA) is 72.5 Å². The van der Waals surface area contributed by atoms with E-state index < -0.39 is 0 Å². The van der Waals surface area contributed by atoms with Gasteiger partial charge >= 0.3 is 0 Å². The fourth-order valence-electron chi connectivity index (χ4n) is 1.43. The van der Waals surface area contributed by atoms with Crippen molar-refractivity contribution in [2.45, 2.75) is 0 Å². The molecule has 3 N–H and O–H groups in total. The molecule has 1 aromatic heterocycles. The van der Waals surface area contributed by atoms with E-state index in [-0.39, 0.29) is 0 Å². The van der Waals surface area contributed by atoms with Crippen molar-refractivity contribution in [1.29, 1.82) is 0 Å². The third-order valence-electron chi connectivity index (χ3n) is 2.26. The van der Waals surface area contributed by atoms with E-state index in [9.17, 15) is 0 Å². The molecule has 21 heavy (non-hydrogen) atoms. The highest BCUT2D eigenvalue weighted by molar-refractivity contribution is 7.14. The first-order chi connectivity index (χ1) is 10.1. The van der Waals surface area contributed by atoms with Crippen molar-refractivity contribution >= 4 is 51.7 Å². The average molecular weight is 343 g/mol. The second-order valence-electron chi connectivity index (χ2n) is 3.86. The van der Waals surface area contributed by atoms with Crippen LogP contribution in [-0.2, 0) is 0 Å². The molecule has 0 aliphatic rings. The summed E-state index contributed by atoms with van der Waals surface area (Å²) in [6.45, 7) is 3.90. The Morgan fingerprint density at radius 2 is 2.14 bits per heavy atom. The zero-order chi connectivity index (χ0) is 15.2. The fraction of sp³-hybridized carbons (Fsp3) is 0.0769. The van der Waals surface area contributed by atoms with Gasteiger partial charge in [-0.2, -0.15) is 5.10 Å². The summed E-state index contributed by atoms with van der Waals surface area (Å²) in [6, 6.07) is 3.40. The van der Waals surface area contributed by atoms with E-state index >= 15 is 0 Å². The molecular formula is C13H12Cl2N4OS. The Balaban J connectivity index is 2.08. The molecule has 0 amide bonds. The standard InChI is InChI=1S/C13H12Cl2N4OS/c1-2-3-20-12-9(14)4-8(5-10(12)15)6-17-19-13-18-11(16)7-21-13/h2,4-7H,1,3,16H2,(H,18,19). The number of nitrogens with zero attached hydrogens (tertiary/aromatic N) is 2. The number of nitrogens with one attached hydrogen (secondary N) is 1. The van der Waals surface area contributed by atoms with E-state index in [1.165, 1.54) is 11.3 Å². The molecule has 0 bridgehead atoms. The molecule has 0 radical (unpaired) electrons. The lowest BCUT2D eigenvalue weighted by Gasteiger charge is -2.08. The van der Waals surface area contributed by atoms with Gasteiger partial charge in [0.2, 0.25) is 5.13 Å². The molecule has 0 aliphatic heterocycles. The van der Waals surface area contributed by atoms with E-state index in [4.69, 9.17) is 33.7 Å². The van der Waals surface area contributed by atoms with Crippen molar-refractivity contribution in [3.05, 3.63) is 45.8 Å². The van der Waals surface area contributed by atoms with Gasteiger partial charge in [0.15, 0.2) is 5.75 Å². The molecule has 0 saturated heterocycles. The van der Waals surface area contributed by atoms with Crippen LogP contribution in [0.3, 0.4) is 0 Å². The van der Waals surface area contributed by atoms with Crippen LogP contribution >= 0.6 is 34.5 Å². The van der Waals surface area contributed by atoms with Gasteiger partial charge in [-0.15, -0.1) is 11.3 Å². The monoisotopic (exact) mass is 342 g/mol. The smallest absolute Gasteiger partial charge is 0.205 e. The average Bonchev–Trinajstić information content (AvgIpc) is 2.84. The minimum Gasteiger partial charge on any atom is -0.486 e. The number of thiazole rings is 1. The molecule has 2 rings (SSSR count). The predicted molar refractivity (Wildman–Crippen MR) is 89.9 cm³/mol. The molecule has 0 fully saturated rings. The summed E-state index contributed by atoms with van der Waals surface area (Å²) in [5.74, 6) is 0.878. The highest BCUT2D eigenvalue weighted by atomic mass is 35.5. The van der Waals surface area contributed by atoms with Crippen molar-refractivity contribution in [3.8, 4) is 5.75 Å². The lowest BCUT2D eigenvalue weighted by Crippen LogP contribution is -1.96. The van der Waals surface area contributed by atoms with Crippen LogP contribution in [0.25, 0.3) is 0 Å². The lowest BCUT2D eigenvalue weighted by atomic mass is 10.2. The summed E-state index contributed by atoms with van der Waals surface area (Å²) >= 11 is 13.6. The second-order valence-corrected chi connectivity index (χ2v) is 5.53. The van der Waals surface area contributed by atoms with Gasteiger partial charge in [-0.3, -0.25) is 5.43 Å². The Morgan fingerprint density at radius 1 is 1.43 bits per heavy atom. The Labute approximate surface area is 136 Å². The first kappa shape index (κ1) is 15.6. The second kappa shape index (κ2) is 7.31. The van der Waals surface area contributed by atoms with Crippen molar-refractivity contribution in [2.75, 3.05) is 17.8 Å². The molecule has 0 atom stereocenters. The molecular weight excluding hydrogens is 331 g/mol. The minimum atomic E-state index is 0.333. The van der Waals surface area contributed by atoms with E-state index in [0.29, 0.717) is 33.4 Å². The van der Waals surface area contributed by atoms with Crippen LogP contribution in [-0.4, -0.2) is 17.8 Å². The van der Waals surface area contributed by atoms with Crippen LogP contribution < -0.4 is 15.9 Å². The number of hydrogen-bond acceptors (Lipinski definition) is 6. The number of nitrogen functional groups attached to an aromatic ring is 1. The van der Waals surface area contributed by atoms with E-state index in [1.807, 2.05) is 0 Å². The lowest BCUT2D eigenvalue weighted by molar-refractivity contribution is 0.363. The number of hydrazone groups is 1. The van der Waals surface area contributed by atoms with Gasteiger partial charge in [0.1, 0.15) is 12.4 Å². The molecule has 1 heterocycles. The van der Waals surface area contributed by atoms with Crippen LogP contribution in [0.1, 0.15) is 5.56 Å². The van der Waals surface area contributed by atoms with Crippen molar-refractivity contribution < 1.29 is 4.74 Å². The van der Waals surface area contributed by atoms with Crippen LogP contribution in [0.4, 0.5) is 10.9 Å². The molecule has 0 aliphatic carbocycles. The van der Waals surface area contributed by atoms with Crippen molar-refractivity contribution in [2.24, 2.45) is 5.10 Å². The third-order valence-corrected chi connectivity index (χ3v) is 3.59.